The quantitative estimate of drug-likeness (QED) is 0.786. The molecular weight excluding hydrogens is 300 g/mol. The van der Waals surface area contributed by atoms with E-state index in [-0.39, 0.29) is 0 Å². The molecule has 1 saturated heterocycles. The van der Waals surface area contributed by atoms with Gasteiger partial charge in [-0.3, -0.25) is 0 Å². The van der Waals surface area contributed by atoms with E-state index in [9.17, 15) is 0 Å². The molecule has 1 aliphatic rings. The number of nitrogens with zero attached hydrogens (tertiary/aromatic N) is 5. The molecule has 0 aliphatic carbocycles. The van der Waals surface area contributed by atoms with Crippen molar-refractivity contribution in [1.29, 1.82) is 0 Å². The van der Waals surface area contributed by atoms with Crippen LogP contribution in [0.1, 0.15) is 0 Å². The molecule has 1 fully saturated rings. The van der Waals surface area contributed by atoms with Gasteiger partial charge in [0.05, 0.1) is 10.4 Å². The lowest BCUT2D eigenvalue weighted by molar-refractivity contribution is 0.643. The van der Waals surface area contributed by atoms with Gasteiger partial charge < -0.3 is 14.8 Å². The minimum Gasteiger partial charge on any atom is -0.353 e. The van der Waals surface area contributed by atoms with E-state index in [1.807, 2.05) is 24.4 Å². The molecule has 3 aromatic rings. The summed E-state index contributed by atoms with van der Waals surface area (Å²) in [6.07, 6.45) is 5.20. The van der Waals surface area contributed by atoms with Gasteiger partial charge in [-0.25, -0.2) is 15.0 Å². The van der Waals surface area contributed by atoms with Crippen LogP contribution in [-0.4, -0.2) is 46.1 Å². The third-order valence-corrected chi connectivity index (χ3v) is 4.17. The minimum absolute atomic E-state index is 0.665. The monoisotopic (exact) mass is 314 g/mol. The number of aromatic amines is 1. The first kappa shape index (κ1) is 13.3. The molecule has 4 heterocycles. The van der Waals surface area contributed by atoms with Crippen LogP contribution in [0.3, 0.4) is 0 Å². The molecule has 0 radical (unpaired) electrons. The molecular formula is C15H15ClN6. The summed E-state index contributed by atoms with van der Waals surface area (Å²) < 4.78 is 0. The smallest absolute Gasteiger partial charge is 0.142 e. The molecule has 0 atom stereocenters. The van der Waals surface area contributed by atoms with E-state index < -0.39 is 0 Å². The molecule has 3 aromatic heterocycles. The number of nitrogens with one attached hydrogen (secondary N) is 1. The zero-order chi connectivity index (χ0) is 14.9. The number of H-pyrrole nitrogens is 1. The molecule has 6 nitrogen and oxygen atoms in total. The largest absolute Gasteiger partial charge is 0.353 e. The molecule has 22 heavy (non-hydrogen) atoms. The third kappa shape index (κ3) is 2.35. The Morgan fingerprint density at radius 3 is 2.55 bits per heavy atom. The first-order valence-corrected chi connectivity index (χ1v) is 7.58. The molecule has 1 aliphatic heterocycles. The highest BCUT2D eigenvalue weighted by Gasteiger charge is 2.20. The van der Waals surface area contributed by atoms with Crippen LogP contribution in [0, 0.1) is 0 Å². The zero-order valence-electron chi connectivity index (χ0n) is 11.9. The molecule has 0 aromatic carbocycles. The van der Waals surface area contributed by atoms with Crippen molar-refractivity contribution < 1.29 is 0 Å². The maximum absolute atomic E-state index is 5.89. The van der Waals surface area contributed by atoms with Crippen LogP contribution >= 0.6 is 11.6 Å². The molecule has 112 valence electrons. The van der Waals surface area contributed by atoms with Gasteiger partial charge in [0.2, 0.25) is 0 Å². The summed E-state index contributed by atoms with van der Waals surface area (Å²) in [6, 6.07) is 5.87. The van der Waals surface area contributed by atoms with Gasteiger partial charge in [-0.05, 0) is 18.2 Å². The number of pyridine rings is 1. The SMILES string of the molecule is Clc1ccc(N2CCN(c3ncnc4[nH]ccc34)CC2)nc1. The van der Waals surface area contributed by atoms with Gasteiger partial charge in [-0.2, -0.15) is 0 Å². The number of anilines is 2. The highest BCUT2D eigenvalue weighted by atomic mass is 35.5. The predicted octanol–water partition coefficient (Wildman–Crippen LogP) is 2.33. The van der Waals surface area contributed by atoms with Gasteiger partial charge in [-0.1, -0.05) is 11.6 Å². The third-order valence-electron chi connectivity index (χ3n) is 3.95. The van der Waals surface area contributed by atoms with E-state index in [1.165, 1.54) is 0 Å². The minimum atomic E-state index is 0.665. The van der Waals surface area contributed by atoms with Crippen LogP contribution in [0.4, 0.5) is 11.6 Å². The van der Waals surface area contributed by atoms with Gasteiger partial charge in [0.1, 0.15) is 23.6 Å². The number of piperazine rings is 1. The molecule has 4 rings (SSSR count). The summed E-state index contributed by atoms with van der Waals surface area (Å²) in [7, 11) is 0. The van der Waals surface area contributed by atoms with Crippen molar-refractivity contribution in [3.05, 3.63) is 41.9 Å². The topological polar surface area (TPSA) is 60.9 Å². The fourth-order valence-electron chi connectivity index (χ4n) is 2.81. The van der Waals surface area contributed by atoms with Crippen LogP contribution in [0.25, 0.3) is 11.0 Å². The van der Waals surface area contributed by atoms with Gasteiger partial charge >= 0.3 is 0 Å². The van der Waals surface area contributed by atoms with Crippen molar-refractivity contribution in [3.8, 4) is 0 Å². The van der Waals surface area contributed by atoms with Crippen LogP contribution in [0.5, 0.6) is 0 Å². The van der Waals surface area contributed by atoms with Crippen LogP contribution in [-0.2, 0) is 0 Å². The van der Waals surface area contributed by atoms with Gasteiger partial charge in [0.25, 0.3) is 0 Å². The first-order valence-electron chi connectivity index (χ1n) is 7.21. The standard InChI is InChI=1S/C15H15ClN6/c16-11-1-2-13(18-9-11)21-5-7-22(8-6-21)15-12-3-4-17-14(12)19-10-20-15/h1-4,9-10H,5-8H2,(H,17,19,20). The van der Waals surface area contributed by atoms with Gasteiger partial charge in [-0.15, -0.1) is 0 Å². The summed E-state index contributed by atoms with van der Waals surface area (Å²) in [6.45, 7) is 3.62. The van der Waals surface area contributed by atoms with Crippen molar-refractivity contribution >= 4 is 34.3 Å². The molecule has 0 bridgehead atoms. The molecule has 0 unspecified atom stereocenters. The zero-order valence-corrected chi connectivity index (χ0v) is 12.7. The Morgan fingerprint density at radius 1 is 0.955 bits per heavy atom. The lowest BCUT2D eigenvalue weighted by Gasteiger charge is -2.36. The van der Waals surface area contributed by atoms with Crippen molar-refractivity contribution in [1.82, 2.24) is 19.9 Å². The lowest BCUT2D eigenvalue weighted by Crippen LogP contribution is -2.47. The first-order chi connectivity index (χ1) is 10.8. The number of hydrogen-bond donors (Lipinski definition) is 1. The lowest BCUT2D eigenvalue weighted by atomic mass is 10.2. The van der Waals surface area contributed by atoms with Crippen molar-refractivity contribution in [2.75, 3.05) is 36.0 Å². The van der Waals surface area contributed by atoms with E-state index >= 15 is 0 Å². The Balaban J connectivity index is 1.52. The van der Waals surface area contributed by atoms with Gasteiger partial charge in [0.15, 0.2) is 0 Å². The second kappa shape index (κ2) is 5.46. The summed E-state index contributed by atoms with van der Waals surface area (Å²) >= 11 is 5.89. The van der Waals surface area contributed by atoms with Crippen LogP contribution < -0.4 is 9.80 Å². The maximum atomic E-state index is 5.89. The molecule has 0 spiro atoms. The van der Waals surface area contributed by atoms with E-state index in [4.69, 9.17) is 11.6 Å². The highest BCUT2D eigenvalue weighted by molar-refractivity contribution is 6.30. The van der Waals surface area contributed by atoms with Crippen molar-refractivity contribution in [2.45, 2.75) is 0 Å². The summed E-state index contributed by atoms with van der Waals surface area (Å²) in [5.41, 5.74) is 0.881. The Kier molecular flexibility index (Phi) is 3.31. The summed E-state index contributed by atoms with van der Waals surface area (Å²) in [4.78, 5) is 20.8. The maximum Gasteiger partial charge on any atom is 0.142 e. The fraction of sp³-hybridized carbons (Fsp3) is 0.267. The number of aromatic nitrogens is 4. The van der Waals surface area contributed by atoms with Crippen LogP contribution in [0.2, 0.25) is 5.02 Å². The molecule has 0 amide bonds. The Hall–Kier alpha value is -2.34. The normalized spacial score (nSPS) is 15.5. The van der Waals surface area contributed by atoms with E-state index in [1.54, 1.807) is 12.5 Å². The van der Waals surface area contributed by atoms with Crippen molar-refractivity contribution in [2.24, 2.45) is 0 Å². The summed E-state index contributed by atoms with van der Waals surface area (Å²) in [5, 5.41) is 1.73. The molecule has 7 heteroatoms. The second-order valence-corrected chi connectivity index (χ2v) is 5.68. The molecule has 1 N–H and O–H groups in total. The average molecular weight is 315 g/mol. The van der Waals surface area contributed by atoms with E-state index in [2.05, 4.69) is 29.7 Å². The Bertz CT molecular complexity index is 776. The number of hydrogen-bond acceptors (Lipinski definition) is 5. The van der Waals surface area contributed by atoms with E-state index in [0.29, 0.717) is 5.02 Å². The highest BCUT2D eigenvalue weighted by Crippen LogP contribution is 2.24. The summed E-state index contributed by atoms with van der Waals surface area (Å²) in [5.74, 6) is 1.97. The predicted molar refractivity (Wildman–Crippen MR) is 87.6 cm³/mol. The van der Waals surface area contributed by atoms with Crippen molar-refractivity contribution in [3.63, 3.8) is 0 Å². The van der Waals surface area contributed by atoms with Gasteiger partial charge in [0, 0.05) is 38.6 Å². The van der Waals surface area contributed by atoms with Crippen LogP contribution in [0.15, 0.2) is 36.9 Å². The number of rotatable bonds is 2. The fourth-order valence-corrected chi connectivity index (χ4v) is 2.92. The number of fused-ring (bicyclic) bond motifs is 1. The Labute approximate surface area is 132 Å². The second-order valence-electron chi connectivity index (χ2n) is 5.25. The molecule has 0 saturated carbocycles. The number of halogens is 1. The van der Waals surface area contributed by atoms with E-state index in [0.717, 1.165) is 48.8 Å². The Morgan fingerprint density at radius 2 is 1.77 bits per heavy atom. The average Bonchev–Trinajstić information content (AvgIpc) is 3.04.